The van der Waals surface area contributed by atoms with Crippen LogP contribution in [0, 0.1) is 4.91 Å². The average Bonchev–Trinajstić information content (AvgIpc) is 2.33. The molecule has 0 aliphatic heterocycles. The molecule has 0 amide bonds. The summed E-state index contributed by atoms with van der Waals surface area (Å²) in [7, 11) is 0. The summed E-state index contributed by atoms with van der Waals surface area (Å²) in [5.74, 6) is 0. The van der Waals surface area contributed by atoms with E-state index >= 15 is 0 Å². The van der Waals surface area contributed by atoms with Crippen molar-refractivity contribution in [3.8, 4) is 0 Å². The lowest BCUT2D eigenvalue weighted by atomic mass is 10.3. The molecule has 0 aliphatic carbocycles. The van der Waals surface area contributed by atoms with Gasteiger partial charge in [-0.05, 0) is 17.0 Å². The molecule has 0 unspecified atom stereocenters. The molecule has 0 saturated carbocycles. The molecule has 1 aromatic carbocycles. The predicted molar refractivity (Wildman–Crippen MR) is 41.6 cm³/mol. The van der Waals surface area contributed by atoms with E-state index in [9.17, 15) is 4.91 Å². The number of halogens is 1. The number of H-pyrrole nitrogens is 1. The second kappa shape index (κ2) is 2.20. The van der Waals surface area contributed by atoms with E-state index in [0.29, 0.717) is 15.6 Å². The SMILES string of the molecule is O=[n+]1o[nH]c2ccc(Br)cc21. The molecule has 0 saturated heterocycles. The fourth-order valence-corrected chi connectivity index (χ4v) is 1.23. The Morgan fingerprint density at radius 1 is 1.55 bits per heavy atom. The van der Waals surface area contributed by atoms with Crippen LogP contribution in [0.2, 0.25) is 0 Å². The lowest BCUT2D eigenvalue weighted by Crippen LogP contribution is -2.07. The zero-order valence-corrected chi connectivity index (χ0v) is 6.96. The van der Waals surface area contributed by atoms with Crippen LogP contribution in [0.3, 0.4) is 0 Å². The van der Waals surface area contributed by atoms with Crippen molar-refractivity contribution in [1.82, 2.24) is 5.16 Å². The third kappa shape index (κ3) is 0.970. The summed E-state index contributed by atoms with van der Waals surface area (Å²) in [5, 5.41) is 2.47. The van der Waals surface area contributed by atoms with Gasteiger partial charge in [0.15, 0.2) is 4.60 Å². The Labute approximate surface area is 69.5 Å². The maximum absolute atomic E-state index is 10.8. The fraction of sp³-hybridized carbons (Fsp3) is 0. The van der Waals surface area contributed by atoms with Crippen molar-refractivity contribution in [1.29, 1.82) is 0 Å². The molecule has 2 aromatic rings. The van der Waals surface area contributed by atoms with Crippen molar-refractivity contribution in [2.75, 3.05) is 0 Å². The van der Waals surface area contributed by atoms with Gasteiger partial charge in [0.25, 0.3) is 5.52 Å². The quantitative estimate of drug-likeness (QED) is 0.724. The molecule has 1 heterocycles. The van der Waals surface area contributed by atoms with Gasteiger partial charge in [0.2, 0.25) is 5.52 Å². The van der Waals surface area contributed by atoms with E-state index < -0.39 is 0 Å². The number of aromatic nitrogens is 2. The Kier molecular flexibility index (Phi) is 1.32. The van der Waals surface area contributed by atoms with Crippen LogP contribution in [0.15, 0.2) is 27.3 Å². The van der Waals surface area contributed by atoms with Gasteiger partial charge in [-0.1, -0.05) is 25.7 Å². The van der Waals surface area contributed by atoms with Crippen molar-refractivity contribution in [3.63, 3.8) is 0 Å². The van der Waals surface area contributed by atoms with E-state index in [0.717, 1.165) is 4.47 Å². The van der Waals surface area contributed by atoms with E-state index in [1.54, 1.807) is 12.1 Å². The van der Waals surface area contributed by atoms with Crippen LogP contribution in [0.1, 0.15) is 0 Å². The largest absolute Gasteiger partial charge is 0.273 e. The monoisotopic (exact) mass is 215 g/mol. The molecule has 11 heavy (non-hydrogen) atoms. The first-order valence-corrected chi connectivity index (χ1v) is 3.76. The molecule has 5 heteroatoms. The van der Waals surface area contributed by atoms with Crippen LogP contribution >= 0.6 is 15.9 Å². The van der Waals surface area contributed by atoms with Gasteiger partial charge in [-0.2, -0.15) is 0 Å². The van der Waals surface area contributed by atoms with Crippen molar-refractivity contribution < 1.29 is 9.23 Å². The standard InChI is InChI=1S/C6H4BrN2O2/c7-4-1-2-5-6(3-4)9(10)11-8-5/h1-3,8H/q+1. The van der Waals surface area contributed by atoms with Crippen LogP contribution in [0.5, 0.6) is 0 Å². The third-order valence-electron chi connectivity index (χ3n) is 1.39. The molecule has 0 spiro atoms. The second-order valence-corrected chi connectivity index (χ2v) is 3.03. The van der Waals surface area contributed by atoms with E-state index in [-0.39, 0.29) is 0 Å². The Bertz CT molecular complexity index is 445. The van der Waals surface area contributed by atoms with Crippen LogP contribution < -0.4 is 4.60 Å². The summed E-state index contributed by atoms with van der Waals surface area (Å²) in [6.07, 6.45) is 0. The first-order chi connectivity index (χ1) is 5.27. The van der Waals surface area contributed by atoms with Crippen LogP contribution in [-0.2, 0) is 0 Å². The number of aromatic amines is 1. The predicted octanol–water partition coefficient (Wildman–Crippen LogP) is 1.44. The lowest BCUT2D eigenvalue weighted by molar-refractivity contribution is -0.692. The number of rotatable bonds is 0. The zero-order chi connectivity index (χ0) is 7.84. The van der Waals surface area contributed by atoms with Gasteiger partial charge >= 0.3 is 0 Å². The van der Waals surface area contributed by atoms with Crippen molar-refractivity contribution >= 4 is 27.0 Å². The fourth-order valence-electron chi connectivity index (χ4n) is 0.882. The van der Waals surface area contributed by atoms with E-state index in [1.165, 1.54) is 0 Å². The zero-order valence-electron chi connectivity index (χ0n) is 5.37. The Balaban J connectivity index is 2.99. The normalized spacial score (nSPS) is 10.6. The summed E-state index contributed by atoms with van der Waals surface area (Å²) in [4.78, 5) is 10.8. The number of benzene rings is 1. The number of nitrogens with one attached hydrogen (secondary N) is 1. The number of hydrogen-bond donors (Lipinski definition) is 1. The summed E-state index contributed by atoms with van der Waals surface area (Å²) in [6.45, 7) is 0. The topological polar surface area (TPSA) is 51.9 Å². The van der Waals surface area contributed by atoms with Gasteiger partial charge in [0.1, 0.15) is 0 Å². The average molecular weight is 216 g/mol. The molecular formula is C6H4BrN2O2+. The van der Waals surface area contributed by atoms with Crippen molar-refractivity contribution in [3.05, 3.63) is 27.6 Å². The third-order valence-corrected chi connectivity index (χ3v) is 1.89. The summed E-state index contributed by atoms with van der Waals surface area (Å²) < 4.78 is 5.77. The van der Waals surface area contributed by atoms with Crippen LogP contribution in [0.25, 0.3) is 11.0 Å². The van der Waals surface area contributed by atoms with Crippen LogP contribution in [0.4, 0.5) is 0 Å². The van der Waals surface area contributed by atoms with Gasteiger partial charge in [-0.15, -0.1) is 0 Å². The second-order valence-electron chi connectivity index (χ2n) is 2.11. The van der Waals surface area contributed by atoms with E-state index in [2.05, 4.69) is 25.7 Å². The Morgan fingerprint density at radius 3 is 3.18 bits per heavy atom. The Morgan fingerprint density at radius 2 is 2.36 bits per heavy atom. The highest BCUT2D eigenvalue weighted by atomic mass is 79.9. The first kappa shape index (κ1) is 6.60. The molecule has 0 aliphatic rings. The smallest absolute Gasteiger partial charge is 0.0875 e. The molecule has 0 fully saturated rings. The Hall–Kier alpha value is -1.10. The highest BCUT2D eigenvalue weighted by Crippen LogP contribution is 2.14. The maximum Gasteiger partial charge on any atom is 0.273 e. The molecule has 0 radical (unpaired) electrons. The molecule has 4 nitrogen and oxygen atoms in total. The van der Waals surface area contributed by atoms with E-state index in [4.69, 9.17) is 0 Å². The first-order valence-electron chi connectivity index (χ1n) is 2.97. The van der Waals surface area contributed by atoms with Gasteiger partial charge < -0.3 is 0 Å². The summed E-state index contributed by atoms with van der Waals surface area (Å²) in [5.41, 5.74) is 1.17. The minimum absolute atomic E-state index is 0.431. The van der Waals surface area contributed by atoms with Crippen molar-refractivity contribution in [2.45, 2.75) is 0 Å². The number of nitrogens with zero attached hydrogens (tertiary/aromatic N) is 1. The number of fused-ring (bicyclic) bond motifs is 1. The molecule has 1 N–H and O–H groups in total. The molecule has 0 atom stereocenters. The highest BCUT2D eigenvalue weighted by Gasteiger charge is 2.08. The minimum Gasteiger partial charge on any atom is -0.0875 e. The summed E-state index contributed by atoms with van der Waals surface area (Å²) in [6, 6.07) is 5.27. The van der Waals surface area contributed by atoms with Crippen LogP contribution in [-0.4, -0.2) is 5.16 Å². The molecule has 1 aromatic heterocycles. The van der Waals surface area contributed by atoms with Gasteiger partial charge in [-0.3, -0.25) is 0 Å². The van der Waals surface area contributed by atoms with E-state index in [1.807, 2.05) is 6.07 Å². The molecular weight excluding hydrogens is 212 g/mol. The minimum atomic E-state index is 0.431. The summed E-state index contributed by atoms with van der Waals surface area (Å²) >= 11 is 3.24. The lowest BCUT2D eigenvalue weighted by Gasteiger charge is -1.80. The number of hydrogen-bond acceptors (Lipinski definition) is 2. The molecule has 0 bridgehead atoms. The maximum atomic E-state index is 10.8. The van der Waals surface area contributed by atoms with Gasteiger partial charge in [0, 0.05) is 10.5 Å². The van der Waals surface area contributed by atoms with Gasteiger partial charge in [0.05, 0.1) is 0 Å². The van der Waals surface area contributed by atoms with Crippen molar-refractivity contribution in [2.24, 2.45) is 0 Å². The van der Waals surface area contributed by atoms with Gasteiger partial charge in [-0.25, -0.2) is 0 Å². The molecule has 2 rings (SSSR count). The highest BCUT2D eigenvalue weighted by molar-refractivity contribution is 9.10. The molecule has 56 valence electrons.